The third-order valence-corrected chi connectivity index (χ3v) is 4.79. The highest BCUT2D eigenvalue weighted by atomic mass is 19.4. The normalized spacial score (nSPS) is 16.8. The van der Waals surface area contributed by atoms with Crippen LogP contribution in [0.25, 0.3) is 11.0 Å². The van der Waals surface area contributed by atoms with E-state index in [2.05, 4.69) is 4.90 Å². The van der Waals surface area contributed by atoms with Gasteiger partial charge in [-0.2, -0.15) is 18.4 Å². The largest absolute Gasteiger partial charge is 0.421 e. The predicted molar refractivity (Wildman–Crippen MR) is 81.1 cm³/mol. The maximum Gasteiger partial charge on any atom is 0.418 e. The number of aryl methyl sites for hydroxylation is 2. The molecule has 4 rings (SSSR count). The van der Waals surface area contributed by atoms with Gasteiger partial charge >= 0.3 is 11.8 Å². The van der Waals surface area contributed by atoms with Gasteiger partial charge in [-0.15, -0.1) is 0 Å². The number of fused-ring (bicyclic) bond motifs is 2. The molecule has 1 aromatic carbocycles. The fourth-order valence-corrected chi connectivity index (χ4v) is 3.91. The Morgan fingerprint density at radius 1 is 1.21 bits per heavy atom. The number of alkyl halides is 3. The lowest BCUT2D eigenvalue weighted by Crippen LogP contribution is -2.34. The van der Waals surface area contributed by atoms with Crippen molar-refractivity contribution in [1.29, 1.82) is 5.26 Å². The molecule has 0 spiro atoms. The zero-order valence-electron chi connectivity index (χ0n) is 12.7. The van der Waals surface area contributed by atoms with E-state index in [9.17, 15) is 18.0 Å². The van der Waals surface area contributed by atoms with Gasteiger partial charge in [0.25, 0.3) is 0 Å². The second-order valence-corrected chi connectivity index (χ2v) is 6.18. The molecule has 0 radical (unpaired) electrons. The maximum absolute atomic E-state index is 13.6. The number of hydrogen-bond acceptors (Lipinski definition) is 4. The van der Waals surface area contributed by atoms with Crippen LogP contribution in [0.4, 0.5) is 18.9 Å². The van der Waals surface area contributed by atoms with Gasteiger partial charge in [-0.25, -0.2) is 4.79 Å². The molecule has 1 aromatic heterocycles. The van der Waals surface area contributed by atoms with Gasteiger partial charge in [0.05, 0.1) is 5.56 Å². The fourth-order valence-electron chi connectivity index (χ4n) is 3.91. The number of nitrogens with zero attached hydrogens (tertiary/aromatic N) is 2. The summed E-state index contributed by atoms with van der Waals surface area (Å²) in [7, 11) is 0. The second-order valence-electron chi connectivity index (χ2n) is 6.18. The van der Waals surface area contributed by atoms with E-state index in [1.807, 2.05) is 0 Å². The third kappa shape index (κ3) is 2.02. The van der Waals surface area contributed by atoms with E-state index >= 15 is 0 Å². The lowest BCUT2D eigenvalue weighted by atomic mass is 9.88. The summed E-state index contributed by atoms with van der Waals surface area (Å²) in [6.45, 7) is 1.72. The summed E-state index contributed by atoms with van der Waals surface area (Å²) < 4.78 is 45.9. The summed E-state index contributed by atoms with van der Waals surface area (Å²) in [4.78, 5) is 14.1. The minimum absolute atomic E-state index is 0.0170. The van der Waals surface area contributed by atoms with E-state index in [0.717, 1.165) is 37.2 Å². The van der Waals surface area contributed by atoms with Crippen molar-refractivity contribution in [2.24, 2.45) is 0 Å². The SMILES string of the molecule is N#Cc1c(C(F)(F)F)c2cc3c4c(c2oc1=O)CCCN4CCC3. The smallest absolute Gasteiger partial charge is 0.418 e. The molecule has 0 aliphatic carbocycles. The Hall–Kier alpha value is -2.49. The number of benzene rings is 1. The molecule has 0 amide bonds. The van der Waals surface area contributed by atoms with Crippen LogP contribution in [0.5, 0.6) is 0 Å². The van der Waals surface area contributed by atoms with Crippen LogP contribution in [-0.2, 0) is 19.0 Å². The standard InChI is InChI=1S/C17H13F3N2O2/c18-17(19,20)13-11-7-9-3-1-5-22-6-2-4-10(14(9)22)15(11)24-16(23)12(13)8-21/h7H,1-6H2. The number of hydrogen-bond donors (Lipinski definition) is 0. The van der Waals surface area contributed by atoms with Crippen molar-refractivity contribution >= 4 is 16.7 Å². The average molecular weight is 334 g/mol. The predicted octanol–water partition coefficient (Wildman–Crippen LogP) is 3.38. The van der Waals surface area contributed by atoms with Gasteiger partial charge in [0, 0.05) is 29.7 Å². The molecule has 124 valence electrons. The Bertz CT molecular complexity index is 952. The molecule has 2 aliphatic heterocycles. The highest BCUT2D eigenvalue weighted by Gasteiger charge is 2.39. The van der Waals surface area contributed by atoms with Crippen LogP contribution in [0.3, 0.4) is 0 Å². The zero-order valence-corrected chi connectivity index (χ0v) is 12.7. The van der Waals surface area contributed by atoms with Crippen molar-refractivity contribution in [3.63, 3.8) is 0 Å². The van der Waals surface area contributed by atoms with Gasteiger partial charge in [0.2, 0.25) is 0 Å². The lowest BCUT2D eigenvalue weighted by Gasteiger charge is -2.37. The third-order valence-electron chi connectivity index (χ3n) is 4.79. The average Bonchev–Trinajstić information content (AvgIpc) is 2.54. The van der Waals surface area contributed by atoms with Gasteiger partial charge in [0.1, 0.15) is 11.7 Å². The highest BCUT2D eigenvalue weighted by Crippen LogP contribution is 2.43. The number of anilines is 1. The van der Waals surface area contributed by atoms with Gasteiger partial charge in [0.15, 0.2) is 5.56 Å². The molecule has 24 heavy (non-hydrogen) atoms. The van der Waals surface area contributed by atoms with Crippen LogP contribution in [0.1, 0.15) is 35.1 Å². The van der Waals surface area contributed by atoms with Crippen LogP contribution in [-0.4, -0.2) is 13.1 Å². The molecule has 4 nitrogen and oxygen atoms in total. The first-order valence-electron chi connectivity index (χ1n) is 7.79. The quantitative estimate of drug-likeness (QED) is 0.693. The fraction of sp³-hybridized carbons (Fsp3) is 0.412. The van der Waals surface area contributed by atoms with E-state index in [1.54, 1.807) is 0 Å². The summed E-state index contributed by atoms with van der Waals surface area (Å²) in [5, 5.41) is 8.85. The van der Waals surface area contributed by atoms with Crippen molar-refractivity contribution in [2.75, 3.05) is 18.0 Å². The number of halogens is 3. The molecule has 0 fully saturated rings. The van der Waals surface area contributed by atoms with Crippen molar-refractivity contribution < 1.29 is 17.6 Å². The maximum atomic E-state index is 13.6. The minimum atomic E-state index is -4.79. The Balaban J connectivity index is 2.19. The summed E-state index contributed by atoms with van der Waals surface area (Å²) in [5.41, 5.74) is -0.949. The molecule has 0 bridgehead atoms. The Morgan fingerprint density at radius 3 is 2.58 bits per heavy atom. The Morgan fingerprint density at radius 2 is 1.92 bits per heavy atom. The summed E-state index contributed by atoms with van der Waals surface area (Å²) in [6.07, 6.45) is -1.85. The van der Waals surface area contributed by atoms with Crippen molar-refractivity contribution in [3.8, 4) is 6.07 Å². The summed E-state index contributed by atoms with van der Waals surface area (Å²) >= 11 is 0. The van der Waals surface area contributed by atoms with Crippen molar-refractivity contribution in [3.05, 3.63) is 38.7 Å². The van der Waals surface area contributed by atoms with E-state index in [-0.39, 0.29) is 11.0 Å². The lowest BCUT2D eigenvalue weighted by molar-refractivity contribution is -0.136. The molecule has 0 unspecified atom stereocenters. The summed E-state index contributed by atoms with van der Waals surface area (Å²) in [6, 6.07) is 2.82. The topological polar surface area (TPSA) is 57.2 Å². The Kier molecular flexibility index (Phi) is 3.14. The van der Waals surface area contributed by atoms with Gasteiger partial charge in [-0.05, 0) is 37.3 Å². The first kappa shape index (κ1) is 15.1. The first-order valence-corrected chi connectivity index (χ1v) is 7.79. The second kappa shape index (κ2) is 5.00. The Labute approximate surface area is 135 Å². The van der Waals surface area contributed by atoms with E-state index in [4.69, 9.17) is 9.68 Å². The van der Waals surface area contributed by atoms with Crippen molar-refractivity contribution in [2.45, 2.75) is 31.9 Å². The van der Waals surface area contributed by atoms with Gasteiger partial charge < -0.3 is 9.32 Å². The van der Waals surface area contributed by atoms with E-state index in [1.165, 1.54) is 12.1 Å². The molecular formula is C17H13F3N2O2. The monoisotopic (exact) mass is 334 g/mol. The molecule has 0 saturated carbocycles. The van der Waals surface area contributed by atoms with Crippen LogP contribution >= 0.6 is 0 Å². The number of rotatable bonds is 0. The molecule has 0 N–H and O–H groups in total. The minimum Gasteiger partial charge on any atom is -0.421 e. The van der Waals surface area contributed by atoms with Gasteiger partial charge in [-0.1, -0.05) is 0 Å². The zero-order chi connectivity index (χ0) is 17.1. The first-order chi connectivity index (χ1) is 11.4. The van der Waals surface area contributed by atoms with E-state index in [0.29, 0.717) is 18.4 Å². The summed E-state index contributed by atoms with van der Waals surface area (Å²) in [5.74, 6) is 0. The van der Waals surface area contributed by atoms with Crippen molar-refractivity contribution in [1.82, 2.24) is 0 Å². The molecule has 3 heterocycles. The number of nitriles is 1. The van der Waals surface area contributed by atoms with Crippen LogP contribution in [0.15, 0.2) is 15.3 Å². The molecule has 0 saturated heterocycles. The molecule has 0 atom stereocenters. The molecule has 7 heteroatoms. The highest BCUT2D eigenvalue weighted by molar-refractivity contribution is 5.92. The van der Waals surface area contributed by atoms with Crippen LogP contribution in [0.2, 0.25) is 0 Å². The molecule has 2 aliphatic rings. The van der Waals surface area contributed by atoms with E-state index < -0.39 is 22.9 Å². The molecular weight excluding hydrogens is 321 g/mol. The van der Waals surface area contributed by atoms with Crippen LogP contribution in [0, 0.1) is 11.3 Å². The van der Waals surface area contributed by atoms with Crippen LogP contribution < -0.4 is 10.5 Å². The van der Waals surface area contributed by atoms with Gasteiger partial charge in [-0.3, -0.25) is 0 Å². The molecule has 2 aromatic rings.